The molecule has 0 radical (unpaired) electrons. The van der Waals surface area contributed by atoms with Crippen molar-refractivity contribution in [3.63, 3.8) is 0 Å². The maximum absolute atomic E-state index is 11.7. The summed E-state index contributed by atoms with van der Waals surface area (Å²) in [6.45, 7) is 3.46. The van der Waals surface area contributed by atoms with Crippen LogP contribution in [0, 0.1) is 0 Å². The molecule has 6 heteroatoms. The van der Waals surface area contributed by atoms with Gasteiger partial charge in [0.05, 0.1) is 0 Å². The van der Waals surface area contributed by atoms with Crippen molar-refractivity contribution in [2.75, 3.05) is 30.1 Å². The molecule has 0 aromatic carbocycles. The minimum atomic E-state index is -3.27. The lowest BCUT2D eigenvalue weighted by molar-refractivity contribution is 0.600. The van der Waals surface area contributed by atoms with Crippen LogP contribution in [0.3, 0.4) is 0 Å². The second-order valence-electron chi connectivity index (χ2n) is 4.13. The third kappa shape index (κ3) is 4.14. The molecular formula is C12H19ClN2O2S. The Hall–Kier alpha value is -0.810. The normalized spacial score (nSPS) is 11.5. The first-order valence-corrected chi connectivity index (χ1v) is 8.39. The first-order valence-electron chi connectivity index (χ1n) is 5.96. The van der Waals surface area contributed by atoms with E-state index in [1.807, 2.05) is 4.90 Å². The van der Waals surface area contributed by atoms with E-state index in [1.54, 1.807) is 18.3 Å². The van der Waals surface area contributed by atoms with E-state index in [0.29, 0.717) is 18.2 Å². The number of alkyl halides is 1. The molecule has 0 atom stereocenters. The van der Waals surface area contributed by atoms with Crippen molar-refractivity contribution in [3.05, 3.63) is 18.3 Å². The van der Waals surface area contributed by atoms with E-state index in [9.17, 15) is 8.42 Å². The molecule has 1 rings (SSSR count). The van der Waals surface area contributed by atoms with E-state index < -0.39 is 9.84 Å². The molecule has 0 aliphatic heterocycles. The van der Waals surface area contributed by atoms with Gasteiger partial charge in [0.25, 0.3) is 0 Å². The SMILES string of the molecule is CCCCN(CCCl)c1ncccc1S(C)(=O)=O. The maximum atomic E-state index is 11.7. The first kappa shape index (κ1) is 15.2. The minimum Gasteiger partial charge on any atom is -0.354 e. The van der Waals surface area contributed by atoms with E-state index in [2.05, 4.69) is 11.9 Å². The number of pyridine rings is 1. The second kappa shape index (κ2) is 6.95. The predicted octanol–water partition coefficient (Wildman–Crippen LogP) is 2.33. The van der Waals surface area contributed by atoms with Crippen LogP contribution in [0.4, 0.5) is 5.82 Å². The van der Waals surface area contributed by atoms with Crippen LogP contribution in [0.25, 0.3) is 0 Å². The fraction of sp³-hybridized carbons (Fsp3) is 0.583. The van der Waals surface area contributed by atoms with E-state index in [1.165, 1.54) is 6.26 Å². The topological polar surface area (TPSA) is 50.3 Å². The lowest BCUT2D eigenvalue weighted by Gasteiger charge is -2.24. The highest BCUT2D eigenvalue weighted by Crippen LogP contribution is 2.22. The summed E-state index contributed by atoms with van der Waals surface area (Å²) in [6.07, 6.45) is 4.83. The van der Waals surface area contributed by atoms with Crippen LogP contribution in [0.5, 0.6) is 0 Å². The van der Waals surface area contributed by atoms with Gasteiger partial charge < -0.3 is 4.90 Å². The molecule has 0 N–H and O–H groups in total. The van der Waals surface area contributed by atoms with Gasteiger partial charge in [0, 0.05) is 31.4 Å². The number of aromatic nitrogens is 1. The summed E-state index contributed by atoms with van der Waals surface area (Å²) in [5.41, 5.74) is 0. The molecule has 0 spiro atoms. The molecule has 4 nitrogen and oxygen atoms in total. The Morgan fingerprint density at radius 2 is 2.11 bits per heavy atom. The summed E-state index contributed by atoms with van der Waals surface area (Å²) >= 11 is 5.77. The number of sulfone groups is 1. The maximum Gasteiger partial charge on any atom is 0.179 e. The lowest BCUT2D eigenvalue weighted by Crippen LogP contribution is -2.29. The smallest absolute Gasteiger partial charge is 0.179 e. The van der Waals surface area contributed by atoms with Crippen LogP contribution >= 0.6 is 11.6 Å². The molecule has 0 amide bonds. The lowest BCUT2D eigenvalue weighted by atomic mass is 10.3. The van der Waals surface area contributed by atoms with Gasteiger partial charge in [-0.3, -0.25) is 0 Å². The Morgan fingerprint density at radius 1 is 1.39 bits per heavy atom. The van der Waals surface area contributed by atoms with Gasteiger partial charge in [-0.25, -0.2) is 13.4 Å². The molecule has 1 heterocycles. The monoisotopic (exact) mass is 290 g/mol. The molecule has 18 heavy (non-hydrogen) atoms. The summed E-state index contributed by atoms with van der Waals surface area (Å²) in [7, 11) is -3.27. The largest absolute Gasteiger partial charge is 0.354 e. The second-order valence-corrected chi connectivity index (χ2v) is 6.49. The predicted molar refractivity (Wildman–Crippen MR) is 75.2 cm³/mol. The summed E-state index contributed by atoms with van der Waals surface area (Å²) in [5, 5.41) is 0. The fourth-order valence-corrected chi connectivity index (χ4v) is 2.73. The third-order valence-corrected chi connectivity index (χ3v) is 3.87. The molecule has 0 aliphatic rings. The Balaban J connectivity index is 3.11. The standard InChI is InChI=1S/C12H19ClN2O2S/c1-3-4-9-15(10-7-13)12-11(18(2,16)17)6-5-8-14-12/h5-6,8H,3-4,7,9-10H2,1-2H3. The van der Waals surface area contributed by atoms with Crippen molar-refractivity contribution < 1.29 is 8.42 Å². The van der Waals surface area contributed by atoms with Gasteiger partial charge in [-0.1, -0.05) is 13.3 Å². The first-order chi connectivity index (χ1) is 8.50. The van der Waals surface area contributed by atoms with Gasteiger partial charge in [0.1, 0.15) is 10.7 Å². The molecule has 0 unspecified atom stereocenters. The Labute approximate surface area is 114 Å². The highest BCUT2D eigenvalue weighted by atomic mass is 35.5. The number of halogens is 1. The number of hydrogen-bond donors (Lipinski definition) is 0. The highest BCUT2D eigenvalue weighted by molar-refractivity contribution is 7.90. The quantitative estimate of drug-likeness (QED) is 0.723. The number of anilines is 1. The van der Waals surface area contributed by atoms with E-state index in [4.69, 9.17) is 11.6 Å². The molecule has 1 aromatic heterocycles. The zero-order chi connectivity index (χ0) is 13.6. The van der Waals surface area contributed by atoms with Crippen LogP contribution in [0.15, 0.2) is 23.2 Å². The van der Waals surface area contributed by atoms with Crippen molar-refractivity contribution in [1.29, 1.82) is 0 Å². The summed E-state index contributed by atoms with van der Waals surface area (Å²) < 4.78 is 23.5. The van der Waals surface area contributed by atoms with E-state index >= 15 is 0 Å². The number of rotatable bonds is 7. The van der Waals surface area contributed by atoms with Gasteiger partial charge in [0.2, 0.25) is 0 Å². The van der Waals surface area contributed by atoms with Crippen molar-refractivity contribution in [1.82, 2.24) is 4.98 Å². The van der Waals surface area contributed by atoms with Crippen LogP contribution in [-0.4, -0.2) is 38.6 Å². The fourth-order valence-electron chi connectivity index (χ4n) is 1.68. The van der Waals surface area contributed by atoms with Crippen molar-refractivity contribution in [3.8, 4) is 0 Å². The van der Waals surface area contributed by atoms with Crippen LogP contribution in [0.1, 0.15) is 19.8 Å². The van der Waals surface area contributed by atoms with Crippen LogP contribution in [-0.2, 0) is 9.84 Å². The molecule has 1 aromatic rings. The van der Waals surface area contributed by atoms with Crippen molar-refractivity contribution >= 4 is 27.3 Å². The highest BCUT2D eigenvalue weighted by Gasteiger charge is 2.18. The molecule has 0 bridgehead atoms. The van der Waals surface area contributed by atoms with Crippen LogP contribution < -0.4 is 4.90 Å². The number of unbranched alkanes of at least 4 members (excludes halogenated alkanes) is 1. The summed E-state index contributed by atoms with van der Waals surface area (Å²) in [6, 6.07) is 3.23. The Morgan fingerprint density at radius 3 is 2.67 bits per heavy atom. The Kier molecular flexibility index (Phi) is 5.88. The van der Waals surface area contributed by atoms with E-state index in [-0.39, 0.29) is 4.90 Å². The van der Waals surface area contributed by atoms with Crippen molar-refractivity contribution in [2.45, 2.75) is 24.7 Å². The molecule has 0 aliphatic carbocycles. The molecule has 102 valence electrons. The third-order valence-electron chi connectivity index (χ3n) is 2.59. The van der Waals surface area contributed by atoms with Crippen LogP contribution in [0.2, 0.25) is 0 Å². The van der Waals surface area contributed by atoms with Gasteiger partial charge >= 0.3 is 0 Å². The summed E-state index contributed by atoms with van der Waals surface area (Å²) in [5.74, 6) is 0.956. The average molecular weight is 291 g/mol. The Bertz CT molecular complexity index is 477. The molecule has 0 fully saturated rings. The van der Waals surface area contributed by atoms with Gasteiger partial charge in [-0.05, 0) is 18.6 Å². The molecule has 0 saturated heterocycles. The van der Waals surface area contributed by atoms with Gasteiger partial charge in [0.15, 0.2) is 9.84 Å². The molecule has 0 saturated carbocycles. The zero-order valence-corrected chi connectivity index (χ0v) is 12.3. The van der Waals surface area contributed by atoms with Crippen molar-refractivity contribution in [2.24, 2.45) is 0 Å². The number of nitrogens with zero attached hydrogens (tertiary/aromatic N) is 2. The minimum absolute atomic E-state index is 0.270. The van der Waals surface area contributed by atoms with Gasteiger partial charge in [-0.15, -0.1) is 11.6 Å². The average Bonchev–Trinajstić information content (AvgIpc) is 2.33. The zero-order valence-electron chi connectivity index (χ0n) is 10.8. The number of hydrogen-bond acceptors (Lipinski definition) is 4. The summed E-state index contributed by atoms with van der Waals surface area (Å²) in [4.78, 5) is 6.41. The van der Waals surface area contributed by atoms with Gasteiger partial charge in [-0.2, -0.15) is 0 Å². The molecular weight excluding hydrogens is 272 g/mol. The van der Waals surface area contributed by atoms with E-state index in [0.717, 1.165) is 19.4 Å².